The molecule has 2 nitrogen and oxygen atoms in total. The van der Waals surface area contributed by atoms with Crippen molar-refractivity contribution in [1.82, 2.24) is 0 Å². The zero-order chi connectivity index (χ0) is 47.1. The molecule has 0 bridgehead atoms. The molecule has 13 rings (SSSR count). The standard InChI is InChI=1S/C68H58O2/c1-43(49-17-12-18-52(40-49)60-23-14-24-62-57-20-9-11-26-65(57)70-68(60,62)4)58(48-33-31-46(32-34-48)45-15-6-5-7-16-45)39-44-27-29-47(30-28-44)50-36-38-61-59(41-50)54-37-35-51(42-63(54)67(61,2)3)53-21-13-22-56-55-19-8-10-25-64(55)69-66(53)56/h5-23,25-38,40-43,58-62H,24,39H2,1-4H3. The van der Waals surface area contributed by atoms with Crippen LogP contribution in [0.15, 0.2) is 223 Å². The molecule has 0 N–H and O–H groups in total. The molecule has 1 aromatic heterocycles. The molecular formula is C68H58O2. The molecule has 4 aliphatic rings. The highest BCUT2D eigenvalue weighted by Gasteiger charge is 2.51. The van der Waals surface area contributed by atoms with E-state index in [1.54, 1.807) is 0 Å². The van der Waals surface area contributed by atoms with Gasteiger partial charge >= 0.3 is 0 Å². The summed E-state index contributed by atoms with van der Waals surface area (Å²) >= 11 is 0. The van der Waals surface area contributed by atoms with Crippen LogP contribution < -0.4 is 4.74 Å². The third-order valence-electron chi connectivity index (χ3n) is 17.1. The molecule has 0 saturated carbocycles. The predicted molar refractivity (Wildman–Crippen MR) is 290 cm³/mol. The Morgan fingerprint density at radius 3 is 2.19 bits per heavy atom. The second-order valence-corrected chi connectivity index (χ2v) is 21.3. The lowest BCUT2D eigenvalue weighted by Gasteiger charge is -2.40. The summed E-state index contributed by atoms with van der Waals surface area (Å²) in [5.74, 6) is 2.76. The number of ether oxygens (including phenoxy) is 1. The summed E-state index contributed by atoms with van der Waals surface area (Å²) in [4.78, 5) is 0. The maximum absolute atomic E-state index is 6.88. The van der Waals surface area contributed by atoms with E-state index >= 15 is 0 Å². The van der Waals surface area contributed by atoms with Crippen LogP contribution in [-0.2, 0) is 11.8 Å². The van der Waals surface area contributed by atoms with Crippen molar-refractivity contribution in [2.75, 3.05) is 0 Å². The third kappa shape index (κ3) is 6.98. The van der Waals surface area contributed by atoms with Crippen molar-refractivity contribution in [3.63, 3.8) is 0 Å². The summed E-state index contributed by atoms with van der Waals surface area (Å²) in [6.07, 6.45) is 14.1. The van der Waals surface area contributed by atoms with Crippen LogP contribution in [0.3, 0.4) is 0 Å². The van der Waals surface area contributed by atoms with Crippen molar-refractivity contribution in [3.05, 3.63) is 263 Å². The zero-order valence-corrected chi connectivity index (χ0v) is 40.5. The number of para-hydroxylation sites is 3. The smallest absolute Gasteiger partial charge is 0.143 e. The lowest BCUT2D eigenvalue weighted by molar-refractivity contribution is 0.0680. The normalized spacial score (nSPS) is 22.4. The molecule has 0 saturated heterocycles. The molecule has 2 heteroatoms. The Labute approximate surface area is 412 Å². The molecule has 0 radical (unpaired) electrons. The molecule has 0 spiro atoms. The van der Waals surface area contributed by atoms with Gasteiger partial charge in [-0.1, -0.05) is 227 Å². The van der Waals surface area contributed by atoms with Crippen LogP contribution in [0.4, 0.5) is 0 Å². The van der Waals surface area contributed by atoms with Crippen molar-refractivity contribution >= 4 is 27.5 Å². The second kappa shape index (κ2) is 16.6. The summed E-state index contributed by atoms with van der Waals surface area (Å²) in [5.41, 5.74) is 18.6. The van der Waals surface area contributed by atoms with Crippen LogP contribution >= 0.6 is 0 Å². The van der Waals surface area contributed by atoms with Crippen LogP contribution in [0.5, 0.6) is 5.75 Å². The van der Waals surface area contributed by atoms with Gasteiger partial charge in [-0.2, -0.15) is 0 Å². The van der Waals surface area contributed by atoms with E-state index in [9.17, 15) is 0 Å². The van der Waals surface area contributed by atoms with E-state index in [1.807, 2.05) is 6.07 Å². The molecule has 7 unspecified atom stereocenters. The van der Waals surface area contributed by atoms with Gasteiger partial charge in [-0.3, -0.25) is 0 Å². The van der Waals surface area contributed by atoms with Crippen molar-refractivity contribution in [1.29, 1.82) is 0 Å². The zero-order valence-electron chi connectivity index (χ0n) is 40.5. The Balaban J connectivity index is 0.793. The predicted octanol–water partition coefficient (Wildman–Crippen LogP) is 17.7. The number of fused-ring (bicyclic) bond motifs is 9. The van der Waals surface area contributed by atoms with Crippen molar-refractivity contribution in [3.8, 4) is 28.0 Å². The Hall–Kier alpha value is -7.42. The van der Waals surface area contributed by atoms with Crippen LogP contribution in [0.2, 0.25) is 0 Å². The minimum absolute atomic E-state index is 0.0195. The lowest BCUT2D eigenvalue weighted by atomic mass is 9.68. The highest BCUT2D eigenvalue weighted by molar-refractivity contribution is 6.09. The average molecular weight is 907 g/mol. The fourth-order valence-electron chi connectivity index (χ4n) is 13.2. The van der Waals surface area contributed by atoms with E-state index in [0.717, 1.165) is 35.3 Å². The van der Waals surface area contributed by atoms with Gasteiger partial charge in [0.15, 0.2) is 0 Å². The van der Waals surface area contributed by atoms with Gasteiger partial charge in [-0.05, 0) is 116 Å². The molecule has 0 amide bonds. The van der Waals surface area contributed by atoms with E-state index in [-0.39, 0.29) is 28.8 Å². The molecule has 8 aromatic carbocycles. The SMILES string of the molecule is CC(c1cccc(C2C=CCC3c4ccccc4OC23C)c1)C(Cc1ccc(C2=CC3c4ccc(-c5cccc6c5oc5ccccc56)cc4C(C)(C)C3C=C2)cc1)c1ccc(-c2ccccc2)cc1. The summed E-state index contributed by atoms with van der Waals surface area (Å²) < 4.78 is 13.4. The van der Waals surface area contributed by atoms with Gasteiger partial charge in [0.1, 0.15) is 22.5 Å². The first-order chi connectivity index (χ1) is 34.2. The fourth-order valence-corrected chi connectivity index (χ4v) is 13.2. The van der Waals surface area contributed by atoms with Crippen molar-refractivity contribution < 1.29 is 9.15 Å². The summed E-state index contributed by atoms with van der Waals surface area (Å²) in [6.45, 7) is 9.61. The summed E-state index contributed by atoms with van der Waals surface area (Å²) in [7, 11) is 0. The van der Waals surface area contributed by atoms with Gasteiger partial charge in [0.25, 0.3) is 0 Å². The van der Waals surface area contributed by atoms with Gasteiger partial charge in [0.05, 0.1) is 0 Å². The number of allylic oxidation sites excluding steroid dienone is 5. The average Bonchev–Trinajstić information content (AvgIpc) is 4.02. The molecule has 3 aliphatic carbocycles. The quantitative estimate of drug-likeness (QED) is 0.135. The van der Waals surface area contributed by atoms with Gasteiger partial charge in [0.2, 0.25) is 0 Å². The number of hydrogen-bond donors (Lipinski definition) is 0. The highest BCUT2D eigenvalue weighted by Crippen LogP contribution is 2.57. The second-order valence-electron chi connectivity index (χ2n) is 21.3. The molecule has 0 fully saturated rings. The largest absolute Gasteiger partial charge is 0.486 e. The van der Waals surface area contributed by atoms with Crippen LogP contribution in [0.1, 0.15) is 108 Å². The topological polar surface area (TPSA) is 22.4 Å². The fraction of sp³-hybridized carbons (Fsp3) is 0.206. The number of benzene rings is 8. The van der Waals surface area contributed by atoms with Crippen LogP contribution in [0, 0.1) is 5.92 Å². The molecule has 9 aromatic rings. The Kier molecular flexibility index (Phi) is 10.1. The van der Waals surface area contributed by atoms with E-state index < -0.39 is 0 Å². The molecule has 1 aliphatic heterocycles. The molecule has 342 valence electrons. The maximum atomic E-state index is 6.88. The van der Waals surface area contributed by atoms with E-state index in [0.29, 0.717) is 17.8 Å². The minimum Gasteiger partial charge on any atom is -0.486 e. The minimum atomic E-state index is -0.327. The van der Waals surface area contributed by atoms with Gasteiger partial charge in [-0.15, -0.1) is 0 Å². The van der Waals surface area contributed by atoms with Gasteiger partial charge in [0, 0.05) is 39.7 Å². The first kappa shape index (κ1) is 42.7. The summed E-state index contributed by atoms with van der Waals surface area (Å²) in [5, 5.41) is 2.33. The van der Waals surface area contributed by atoms with Crippen molar-refractivity contribution in [2.24, 2.45) is 5.92 Å². The Morgan fingerprint density at radius 1 is 0.600 bits per heavy atom. The van der Waals surface area contributed by atoms with Crippen LogP contribution in [0.25, 0.3) is 49.8 Å². The monoisotopic (exact) mass is 906 g/mol. The first-order valence-electron chi connectivity index (χ1n) is 25.5. The van der Waals surface area contributed by atoms with E-state index in [2.05, 4.69) is 240 Å². The van der Waals surface area contributed by atoms with Gasteiger partial charge < -0.3 is 9.15 Å². The van der Waals surface area contributed by atoms with Gasteiger partial charge in [-0.25, -0.2) is 0 Å². The number of rotatable bonds is 9. The molecule has 2 heterocycles. The number of furan rings is 1. The van der Waals surface area contributed by atoms with E-state index in [1.165, 1.54) is 77.5 Å². The Bertz CT molecular complexity index is 3550. The third-order valence-corrected chi connectivity index (χ3v) is 17.1. The molecule has 70 heavy (non-hydrogen) atoms. The Morgan fingerprint density at radius 2 is 1.33 bits per heavy atom. The maximum Gasteiger partial charge on any atom is 0.143 e. The summed E-state index contributed by atoms with van der Waals surface area (Å²) in [6, 6.07) is 69.7. The van der Waals surface area contributed by atoms with Crippen LogP contribution in [-0.4, -0.2) is 5.60 Å². The highest BCUT2D eigenvalue weighted by atomic mass is 16.5. The number of hydrogen-bond acceptors (Lipinski definition) is 2. The van der Waals surface area contributed by atoms with E-state index in [4.69, 9.17) is 9.15 Å². The van der Waals surface area contributed by atoms with Crippen molar-refractivity contribution in [2.45, 2.75) is 81.1 Å². The lowest BCUT2D eigenvalue weighted by Crippen LogP contribution is -2.42. The first-order valence-corrected chi connectivity index (χ1v) is 25.5. The molecule has 7 atom stereocenters. The molecular weight excluding hydrogens is 849 g/mol.